The Labute approximate surface area is 220 Å². The molecular weight excluding hydrogens is 608 g/mol. The zero-order valence-electron chi connectivity index (χ0n) is 17.8. The van der Waals surface area contributed by atoms with E-state index in [9.17, 15) is 19.7 Å². The van der Waals surface area contributed by atoms with Gasteiger partial charge in [-0.15, -0.1) is 0 Å². The summed E-state index contributed by atoms with van der Waals surface area (Å²) in [6.07, 6.45) is 1.46. The highest BCUT2D eigenvalue weighted by Gasteiger charge is 2.27. The lowest BCUT2D eigenvalue weighted by atomic mass is 10.1. The number of carbonyl (C=O) groups is 2. The number of aryl methyl sites for hydroxylation is 1. The van der Waals surface area contributed by atoms with Gasteiger partial charge in [-0.05, 0) is 80.8 Å². The van der Waals surface area contributed by atoms with E-state index >= 15 is 0 Å². The fraction of sp³-hybridized carbons (Fsp3) is 0.0417. The molecular formula is C24H13Br2ClN2O6. The summed E-state index contributed by atoms with van der Waals surface area (Å²) in [6, 6.07) is 14.0. The predicted molar refractivity (Wildman–Crippen MR) is 137 cm³/mol. The lowest BCUT2D eigenvalue weighted by Crippen LogP contribution is -2.09. The van der Waals surface area contributed by atoms with Crippen molar-refractivity contribution in [2.75, 3.05) is 0 Å². The standard InChI is InChI=1S/C24H13Br2ClN2O6/c1-12-3-2-4-14(7-12)23(30)34-21-17(25)8-13(9-18(21)26)10-20-24(31)35-22(28-20)16-11-15(29(32)33)5-6-19(16)27/h2-11H,1H3/b20-10-. The van der Waals surface area contributed by atoms with Crippen LogP contribution >= 0.6 is 43.5 Å². The number of hydrogen-bond donors (Lipinski definition) is 0. The number of carbonyl (C=O) groups excluding carboxylic acids is 2. The summed E-state index contributed by atoms with van der Waals surface area (Å²) < 4.78 is 11.6. The highest BCUT2D eigenvalue weighted by atomic mass is 79.9. The summed E-state index contributed by atoms with van der Waals surface area (Å²) in [4.78, 5) is 39.6. The SMILES string of the molecule is Cc1cccc(C(=O)Oc2c(Br)cc(/C=C3\N=C(c4cc([N+](=O)[O-])ccc4Cl)OC3=O)cc2Br)c1. The first kappa shape index (κ1) is 24.8. The van der Waals surface area contributed by atoms with E-state index < -0.39 is 16.9 Å². The number of nitro benzene ring substituents is 1. The third-order valence-corrected chi connectivity index (χ3v) is 6.29. The molecule has 4 rings (SSSR count). The summed E-state index contributed by atoms with van der Waals surface area (Å²) >= 11 is 12.9. The van der Waals surface area contributed by atoms with Gasteiger partial charge in [0, 0.05) is 12.1 Å². The van der Waals surface area contributed by atoms with Crippen molar-refractivity contribution in [1.82, 2.24) is 0 Å². The topological polar surface area (TPSA) is 108 Å². The van der Waals surface area contributed by atoms with Crippen LogP contribution in [0.1, 0.15) is 27.0 Å². The monoisotopic (exact) mass is 618 g/mol. The largest absolute Gasteiger partial charge is 0.421 e. The number of ether oxygens (including phenoxy) is 2. The molecule has 3 aromatic rings. The highest BCUT2D eigenvalue weighted by molar-refractivity contribution is 9.11. The smallest absolute Gasteiger partial charge is 0.363 e. The first-order chi connectivity index (χ1) is 16.6. The Morgan fingerprint density at radius 1 is 1.14 bits per heavy atom. The average molecular weight is 621 g/mol. The van der Waals surface area contributed by atoms with Gasteiger partial charge in [0.1, 0.15) is 0 Å². The summed E-state index contributed by atoms with van der Waals surface area (Å²) in [6.45, 7) is 1.87. The van der Waals surface area contributed by atoms with Gasteiger partial charge in [0.15, 0.2) is 11.4 Å². The number of aliphatic imine (C=N–C) groups is 1. The van der Waals surface area contributed by atoms with Gasteiger partial charge in [-0.25, -0.2) is 14.6 Å². The Kier molecular flexibility index (Phi) is 7.15. The van der Waals surface area contributed by atoms with Gasteiger partial charge < -0.3 is 9.47 Å². The zero-order chi connectivity index (χ0) is 25.3. The van der Waals surface area contributed by atoms with E-state index in [0.29, 0.717) is 20.1 Å². The van der Waals surface area contributed by atoms with E-state index in [-0.39, 0.29) is 33.6 Å². The Hall–Kier alpha value is -3.34. The van der Waals surface area contributed by atoms with Crippen molar-refractivity contribution in [2.45, 2.75) is 6.92 Å². The fourth-order valence-electron chi connectivity index (χ4n) is 3.16. The van der Waals surface area contributed by atoms with Gasteiger partial charge in [0.2, 0.25) is 5.90 Å². The lowest BCUT2D eigenvalue weighted by Gasteiger charge is -2.10. The minimum Gasteiger partial charge on any atom is -0.421 e. The molecule has 0 spiro atoms. The Bertz CT molecular complexity index is 1450. The molecule has 0 aromatic heterocycles. The molecule has 1 heterocycles. The van der Waals surface area contributed by atoms with Crippen LogP contribution in [0.4, 0.5) is 5.69 Å². The molecule has 0 N–H and O–H groups in total. The van der Waals surface area contributed by atoms with E-state index in [0.717, 1.165) is 5.56 Å². The maximum Gasteiger partial charge on any atom is 0.363 e. The molecule has 0 unspecified atom stereocenters. The first-order valence-corrected chi connectivity index (χ1v) is 11.8. The van der Waals surface area contributed by atoms with Gasteiger partial charge in [-0.2, -0.15) is 0 Å². The molecule has 1 aliphatic heterocycles. The van der Waals surface area contributed by atoms with Crippen LogP contribution < -0.4 is 4.74 Å². The van der Waals surface area contributed by atoms with Gasteiger partial charge in [0.05, 0.1) is 30.0 Å². The Morgan fingerprint density at radius 2 is 1.86 bits per heavy atom. The van der Waals surface area contributed by atoms with Crippen molar-refractivity contribution in [3.8, 4) is 5.75 Å². The Morgan fingerprint density at radius 3 is 2.51 bits per heavy atom. The summed E-state index contributed by atoms with van der Waals surface area (Å²) in [7, 11) is 0. The molecule has 11 heteroatoms. The van der Waals surface area contributed by atoms with E-state index in [1.54, 1.807) is 30.3 Å². The summed E-state index contributed by atoms with van der Waals surface area (Å²) in [5, 5.41) is 11.2. The second-order valence-electron chi connectivity index (χ2n) is 7.33. The quantitative estimate of drug-likeness (QED) is 0.104. The normalized spacial score (nSPS) is 14.0. The first-order valence-electron chi connectivity index (χ1n) is 9.87. The highest BCUT2D eigenvalue weighted by Crippen LogP contribution is 2.36. The van der Waals surface area contributed by atoms with Crippen LogP contribution in [0.25, 0.3) is 6.08 Å². The minimum absolute atomic E-state index is 0.0362. The summed E-state index contributed by atoms with van der Waals surface area (Å²) in [5.41, 5.74) is 1.74. The van der Waals surface area contributed by atoms with Crippen molar-refractivity contribution in [3.05, 3.63) is 107 Å². The number of nitrogens with zero attached hydrogens (tertiary/aromatic N) is 2. The van der Waals surface area contributed by atoms with E-state index in [1.807, 2.05) is 13.0 Å². The third-order valence-electron chi connectivity index (χ3n) is 4.78. The van der Waals surface area contributed by atoms with Crippen molar-refractivity contribution < 1.29 is 24.0 Å². The Balaban J connectivity index is 1.62. The van der Waals surface area contributed by atoms with Crippen LogP contribution in [-0.2, 0) is 9.53 Å². The molecule has 0 saturated heterocycles. The molecule has 0 radical (unpaired) electrons. The fourth-order valence-corrected chi connectivity index (χ4v) is 4.74. The van der Waals surface area contributed by atoms with Crippen LogP contribution in [0.2, 0.25) is 5.02 Å². The number of rotatable bonds is 5. The van der Waals surface area contributed by atoms with Crippen molar-refractivity contribution >= 4 is 73.1 Å². The molecule has 35 heavy (non-hydrogen) atoms. The number of hydrogen-bond acceptors (Lipinski definition) is 7. The molecule has 0 amide bonds. The molecule has 0 aliphatic carbocycles. The number of halogens is 3. The number of benzene rings is 3. The van der Waals surface area contributed by atoms with Gasteiger partial charge in [-0.3, -0.25) is 10.1 Å². The van der Waals surface area contributed by atoms with Gasteiger partial charge >= 0.3 is 11.9 Å². The van der Waals surface area contributed by atoms with Crippen LogP contribution in [0.15, 0.2) is 74.2 Å². The van der Waals surface area contributed by atoms with E-state index in [1.165, 1.54) is 24.3 Å². The molecule has 8 nitrogen and oxygen atoms in total. The van der Waals surface area contributed by atoms with Crippen molar-refractivity contribution in [2.24, 2.45) is 4.99 Å². The van der Waals surface area contributed by atoms with Crippen LogP contribution in [0, 0.1) is 17.0 Å². The molecule has 1 aliphatic rings. The van der Waals surface area contributed by atoms with Gasteiger partial charge in [0.25, 0.3) is 5.69 Å². The average Bonchev–Trinajstić information content (AvgIpc) is 3.16. The maximum atomic E-state index is 12.5. The second kappa shape index (κ2) is 10.1. The second-order valence-corrected chi connectivity index (χ2v) is 9.45. The van der Waals surface area contributed by atoms with Crippen LogP contribution in [-0.4, -0.2) is 22.8 Å². The molecule has 0 saturated carbocycles. The van der Waals surface area contributed by atoms with Crippen molar-refractivity contribution in [3.63, 3.8) is 0 Å². The third kappa shape index (κ3) is 5.50. The predicted octanol–water partition coefficient (Wildman–Crippen LogP) is 6.65. The number of cyclic esters (lactones) is 1. The number of esters is 2. The van der Waals surface area contributed by atoms with Gasteiger partial charge in [-0.1, -0.05) is 29.3 Å². The lowest BCUT2D eigenvalue weighted by molar-refractivity contribution is -0.384. The number of nitro groups is 1. The van der Waals surface area contributed by atoms with E-state index in [2.05, 4.69) is 36.9 Å². The van der Waals surface area contributed by atoms with Crippen LogP contribution in [0.3, 0.4) is 0 Å². The maximum absolute atomic E-state index is 12.5. The number of non-ortho nitro benzene ring substituents is 1. The molecule has 0 atom stereocenters. The van der Waals surface area contributed by atoms with E-state index in [4.69, 9.17) is 21.1 Å². The van der Waals surface area contributed by atoms with Crippen molar-refractivity contribution in [1.29, 1.82) is 0 Å². The molecule has 0 fully saturated rings. The molecule has 0 bridgehead atoms. The molecule has 176 valence electrons. The van der Waals surface area contributed by atoms with Crippen LogP contribution in [0.5, 0.6) is 5.75 Å². The minimum atomic E-state index is -0.746. The molecule has 3 aromatic carbocycles. The summed E-state index contributed by atoms with van der Waals surface area (Å²) in [5.74, 6) is -1.15. The zero-order valence-corrected chi connectivity index (χ0v) is 21.7.